The number of benzene rings is 1. The molecule has 0 saturated carbocycles. The number of aliphatic imine (C=N–C) groups is 1. The van der Waals surface area contributed by atoms with E-state index < -0.39 is 9.84 Å². The molecule has 178 valence electrons. The van der Waals surface area contributed by atoms with Gasteiger partial charge in [0.15, 0.2) is 15.8 Å². The smallest absolute Gasteiger partial charge is 0.191 e. The molecule has 1 aliphatic rings. The summed E-state index contributed by atoms with van der Waals surface area (Å²) in [6.07, 6.45) is 1.23. The minimum absolute atomic E-state index is 0. The van der Waals surface area contributed by atoms with Gasteiger partial charge in [0.25, 0.3) is 0 Å². The second-order valence-electron chi connectivity index (χ2n) is 7.79. The van der Waals surface area contributed by atoms with Gasteiger partial charge in [-0.1, -0.05) is 12.1 Å². The van der Waals surface area contributed by atoms with Crippen LogP contribution in [0.1, 0.15) is 28.7 Å². The molecule has 2 heterocycles. The number of nitrogens with one attached hydrogen (secondary N) is 2. The molecule has 32 heavy (non-hydrogen) atoms. The Morgan fingerprint density at radius 1 is 1.16 bits per heavy atom. The molecule has 1 saturated heterocycles. The number of hydrogen-bond donors (Lipinski definition) is 2. The third-order valence-corrected chi connectivity index (χ3v) is 6.62. The summed E-state index contributed by atoms with van der Waals surface area (Å²) in [7, 11) is -1.49. The maximum atomic E-state index is 11.8. The van der Waals surface area contributed by atoms with Gasteiger partial charge in [0.1, 0.15) is 11.5 Å². The van der Waals surface area contributed by atoms with E-state index in [2.05, 4.69) is 20.5 Å². The number of rotatable bonds is 7. The molecule has 1 fully saturated rings. The molecule has 1 atom stereocenters. The molecule has 3 rings (SSSR count). The standard InChI is InChI=1S/C22H32N4O4S.HI/c1-16-13-18(6-8-21(16)31(4,27)28)14-24-22(23-3)25-15-19(20-7-5-17(2)30-20)26-9-11-29-12-10-26;/h5-8,13,19H,9-12,14-15H2,1-4H3,(H2,23,24,25);1H. The average Bonchev–Trinajstić information content (AvgIpc) is 3.16. The first-order chi connectivity index (χ1) is 14.8. The van der Waals surface area contributed by atoms with Gasteiger partial charge in [0.2, 0.25) is 0 Å². The summed E-state index contributed by atoms with van der Waals surface area (Å²) < 4.78 is 35.0. The zero-order valence-electron chi connectivity index (χ0n) is 19.1. The van der Waals surface area contributed by atoms with E-state index in [0.29, 0.717) is 37.2 Å². The largest absolute Gasteiger partial charge is 0.465 e. The van der Waals surface area contributed by atoms with Crippen LogP contribution in [0.4, 0.5) is 0 Å². The maximum absolute atomic E-state index is 11.8. The summed E-state index contributed by atoms with van der Waals surface area (Å²) in [6, 6.07) is 9.46. The highest BCUT2D eigenvalue weighted by atomic mass is 127. The van der Waals surface area contributed by atoms with E-state index in [0.717, 1.165) is 35.7 Å². The molecular formula is C22H33IN4O4S. The molecule has 0 spiro atoms. The van der Waals surface area contributed by atoms with E-state index in [4.69, 9.17) is 9.15 Å². The van der Waals surface area contributed by atoms with Crippen molar-refractivity contribution in [3.05, 3.63) is 53.0 Å². The third kappa shape index (κ3) is 7.19. The number of aryl methyl sites for hydroxylation is 2. The Labute approximate surface area is 207 Å². The number of hydrogen-bond acceptors (Lipinski definition) is 6. The Balaban J connectivity index is 0.00000363. The van der Waals surface area contributed by atoms with Gasteiger partial charge in [0, 0.05) is 39.5 Å². The lowest BCUT2D eigenvalue weighted by molar-refractivity contribution is 0.0124. The molecule has 1 aromatic heterocycles. The minimum Gasteiger partial charge on any atom is -0.465 e. The van der Waals surface area contributed by atoms with Crippen LogP contribution in [0.3, 0.4) is 0 Å². The normalized spacial score (nSPS) is 16.3. The molecular weight excluding hydrogens is 543 g/mol. The van der Waals surface area contributed by atoms with Gasteiger partial charge in [-0.15, -0.1) is 24.0 Å². The van der Waals surface area contributed by atoms with Crippen molar-refractivity contribution in [2.75, 3.05) is 46.2 Å². The first kappa shape index (κ1) is 26.6. The van der Waals surface area contributed by atoms with E-state index >= 15 is 0 Å². The summed E-state index contributed by atoms with van der Waals surface area (Å²) >= 11 is 0. The van der Waals surface area contributed by atoms with Gasteiger partial charge < -0.3 is 19.8 Å². The monoisotopic (exact) mass is 576 g/mol. The maximum Gasteiger partial charge on any atom is 0.191 e. The van der Waals surface area contributed by atoms with E-state index in [1.54, 1.807) is 13.1 Å². The van der Waals surface area contributed by atoms with E-state index in [-0.39, 0.29) is 30.0 Å². The third-order valence-electron chi connectivity index (χ3n) is 5.36. The molecule has 1 unspecified atom stereocenters. The number of nitrogens with zero attached hydrogens (tertiary/aromatic N) is 2. The first-order valence-corrected chi connectivity index (χ1v) is 12.3. The molecule has 1 aromatic carbocycles. The molecule has 10 heteroatoms. The van der Waals surface area contributed by atoms with Crippen molar-refractivity contribution >= 4 is 39.8 Å². The van der Waals surface area contributed by atoms with Crippen LogP contribution in [0.15, 0.2) is 44.6 Å². The van der Waals surface area contributed by atoms with E-state index in [1.807, 2.05) is 38.1 Å². The van der Waals surface area contributed by atoms with Crippen LogP contribution >= 0.6 is 24.0 Å². The van der Waals surface area contributed by atoms with E-state index in [1.165, 1.54) is 6.26 Å². The molecule has 2 aromatic rings. The summed E-state index contributed by atoms with van der Waals surface area (Å²) in [5.41, 5.74) is 1.73. The molecule has 8 nitrogen and oxygen atoms in total. The molecule has 0 amide bonds. The van der Waals surface area contributed by atoms with Crippen molar-refractivity contribution < 1.29 is 17.6 Å². The van der Waals surface area contributed by atoms with Gasteiger partial charge in [0.05, 0.1) is 24.2 Å². The van der Waals surface area contributed by atoms with Gasteiger partial charge in [-0.2, -0.15) is 0 Å². The van der Waals surface area contributed by atoms with Crippen molar-refractivity contribution in [1.29, 1.82) is 0 Å². The number of ether oxygens (including phenoxy) is 1. The fourth-order valence-corrected chi connectivity index (χ4v) is 4.73. The van der Waals surface area contributed by atoms with Crippen LogP contribution in [-0.4, -0.2) is 65.4 Å². The Hall–Kier alpha value is -1.63. The van der Waals surface area contributed by atoms with Crippen LogP contribution in [-0.2, 0) is 21.1 Å². The SMILES string of the molecule is CN=C(NCc1ccc(S(C)(=O)=O)c(C)c1)NCC(c1ccc(C)o1)N1CCOCC1.I. The highest BCUT2D eigenvalue weighted by Gasteiger charge is 2.25. The quantitative estimate of drug-likeness (QED) is 0.297. The summed E-state index contributed by atoms with van der Waals surface area (Å²) in [6.45, 7) is 8.06. The number of sulfone groups is 1. The number of halogens is 1. The van der Waals surface area contributed by atoms with Crippen molar-refractivity contribution in [2.45, 2.75) is 31.3 Å². The lowest BCUT2D eigenvalue weighted by atomic mass is 10.1. The molecule has 2 N–H and O–H groups in total. The summed E-state index contributed by atoms with van der Waals surface area (Å²) in [4.78, 5) is 7.04. The lowest BCUT2D eigenvalue weighted by Gasteiger charge is -2.33. The summed E-state index contributed by atoms with van der Waals surface area (Å²) in [5, 5.41) is 6.70. The minimum atomic E-state index is -3.22. The highest BCUT2D eigenvalue weighted by molar-refractivity contribution is 14.0. The van der Waals surface area contributed by atoms with Crippen molar-refractivity contribution in [1.82, 2.24) is 15.5 Å². The molecule has 0 bridgehead atoms. The van der Waals surface area contributed by atoms with Crippen LogP contribution in [0.2, 0.25) is 0 Å². The first-order valence-electron chi connectivity index (χ1n) is 10.4. The number of morpholine rings is 1. The Bertz CT molecular complexity index is 1020. The van der Waals surface area contributed by atoms with Crippen molar-refractivity contribution in [3.8, 4) is 0 Å². The van der Waals surface area contributed by atoms with Crippen molar-refractivity contribution in [2.24, 2.45) is 4.99 Å². The number of furan rings is 1. The van der Waals surface area contributed by atoms with Gasteiger partial charge in [-0.05, 0) is 43.2 Å². The Morgan fingerprint density at radius 3 is 2.44 bits per heavy atom. The zero-order chi connectivity index (χ0) is 22.4. The molecule has 1 aliphatic heterocycles. The van der Waals surface area contributed by atoms with Crippen LogP contribution < -0.4 is 10.6 Å². The van der Waals surface area contributed by atoms with Crippen molar-refractivity contribution in [3.63, 3.8) is 0 Å². The van der Waals surface area contributed by atoms with Crippen LogP contribution in [0.5, 0.6) is 0 Å². The predicted molar refractivity (Wildman–Crippen MR) is 136 cm³/mol. The zero-order valence-corrected chi connectivity index (χ0v) is 22.2. The Morgan fingerprint density at radius 2 is 1.88 bits per heavy atom. The topological polar surface area (TPSA) is 96.2 Å². The molecule has 0 aliphatic carbocycles. The van der Waals surface area contributed by atoms with Gasteiger partial charge >= 0.3 is 0 Å². The van der Waals surface area contributed by atoms with Gasteiger partial charge in [-0.25, -0.2) is 8.42 Å². The van der Waals surface area contributed by atoms with Gasteiger partial charge in [-0.3, -0.25) is 9.89 Å². The fraction of sp³-hybridized carbons (Fsp3) is 0.500. The summed E-state index contributed by atoms with van der Waals surface area (Å²) in [5.74, 6) is 2.49. The average molecular weight is 577 g/mol. The van der Waals surface area contributed by atoms with Crippen LogP contribution in [0, 0.1) is 13.8 Å². The Kier molecular flexibility index (Phi) is 9.99. The molecule has 0 radical (unpaired) electrons. The number of guanidine groups is 1. The van der Waals surface area contributed by atoms with Crippen LogP contribution in [0.25, 0.3) is 0 Å². The lowest BCUT2D eigenvalue weighted by Crippen LogP contribution is -2.46. The second-order valence-corrected chi connectivity index (χ2v) is 9.78. The highest BCUT2D eigenvalue weighted by Crippen LogP contribution is 2.23. The fourth-order valence-electron chi connectivity index (χ4n) is 3.77. The second kappa shape index (κ2) is 12.0. The predicted octanol–water partition coefficient (Wildman–Crippen LogP) is 2.66. The van der Waals surface area contributed by atoms with E-state index in [9.17, 15) is 8.42 Å².